The molecule has 0 radical (unpaired) electrons. The molecule has 9 nitrogen and oxygen atoms in total. The number of aromatic nitrogens is 3. The highest BCUT2D eigenvalue weighted by molar-refractivity contribution is 8.00. The molecule has 0 saturated heterocycles. The smallest absolute Gasteiger partial charge is 0.263 e. The van der Waals surface area contributed by atoms with E-state index in [1.54, 1.807) is 0 Å². The largest absolute Gasteiger partial charge is 0.325 e. The number of pyridine rings is 1. The van der Waals surface area contributed by atoms with Crippen molar-refractivity contribution in [1.82, 2.24) is 15.2 Å². The van der Waals surface area contributed by atoms with Gasteiger partial charge >= 0.3 is 0 Å². The Hall–Kier alpha value is -3.20. The van der Waals surface area contributed by atoms with Gasteiger partial charge in [-0.1, -0.05) is 23.4 Å². The third-order valence-electron chi connectivity index (χ3n) is 4.80. The van der Waals surface area contributed by atoms with E-state index in [9.17, 15) is 18.5 Å². The first-order valence-electron chi connectivity index (χ1n) is 9.82. The molecule has 1 aliphatic rings. The lowest BCUT2D eigenvalue weighted by Gasteiger charge is -2.09. The van der Waals surface area contributed by atoms with E-state index < -0.39 is 10.0 Å². The molecule has 0 bridgehead atoms. The summed E-state index contributed by atoms with van der Waals surface area (Å²) in [6, 6.07) is 12.5. The van der Waals surface area contributed by atoms with Crippen molar-refractivity contribution < 1.29 is 13.2 Å². The first kappa shape index (κ1) is 23.0. The van der Waals surface area contributed by atoms with Gasteiger partial charge in [-0.3, -0.25) is 9.52 Å². The van der Waals surface area contributed by atoms with Crippen molar-refractivity contribution in [2.24, 2.45) is 0 Å². The molecule has 0 atom stereocenters. The van der Waals surface area contributed by atoms with Crippen LogP contribution >= 0.6 is 23.4 Å². The van der Waals surface area contributed by atoms with E-state index in [4.69, 9.17) is 11.6 Å². The van der Waals surface area contributed by atoms with Crippen LogP contribution in [0.5, 0.6) is 0 Å². The Kier molecular flexibility index (Phi) is 6.78. The van der Waals surface area contributed by atoms with Gasteiger partial charge < -0.3 is 5.32 Å². The first-order chi connectivity index (χ1) is 15.8. The number of nitriles is 1. The summed E-state index contributed by atoms with van der Waals surface area (Å²) in [6.45, 7) is 0. The summed E-state index contributed by atoms with van der Waals surface area (Å²) in [5.41, 5.74) is 3.01. The predicted octanol–water partition coefficient (Wildman–Crippen LogP) is 3.42. The molecule has 0 unspecified atom stereocenters. The number of sulfonamides is 1. The quantitative estimate of drug-likeness (QED) is 0.470. The van der Waals surface area contributed by atoms with Gasteiger partial charge in [0.15, 0.2) is 11.0 Å². The van der Waals surface area contributed by atoms with E-state index in [0.717, 1.165) is 30.5 Å². The molecule has 2 heterocycles. The summed E-state index contributed by atoms with van der Waals surface area (Å²) >= 11 is 6.85. The second-order valence-corrected chi connectivity index (χ2v) is 10.2. The molecule has 1 amide bonds. The standard InChI is InChI=1S/C21H17ClN6O3S2/c22-18-8-9-19(27-26-18)28-33(30,31)16-6-4-15(5-7-16)24-20(29)12-32-21-14(11-23)10-13-2-1-3-17(13)25-21/h4-10H,1-3,12H2,(H,24,29)(H,27,28). The monoisotopic (exact) mass is 500 g/mol. The highest BCUT2D eigenvalue weighted by Crippen LogP contribution is 2.28. The van der Waals surface area contributed by atoms with Crippen molar-refractivity contribution in [2.75, 3.05) is 15.8 Å². The topological polar surface area (TPSA) is 138 Å². The molecule has 33 heavy (non-hydrogen) atoms. The van der Waals surface area contributed by atoms with Crippen LogP contribution in [0.1, 0.15) is 23.2 Å². The Morgan fingerprint density at radius 2 is 1.94 bits per heavy atom. The first-order valence-corrected chi connectivity index (χ1v) is 12.7. The highest BCUT2D eigenvalue weighted by atomic mass is 35.5. The van der Waals surface area contributed by atoms with E-state index in [-0.39, 0.29) is 27.5 Å². The molecular weight excluding hydrogens is 484 g/mol. The maximum absolute atomic E-state index is 12.5. The molecule has 2 aromatic heterocycles. The maximum atomic E-state index is 12.5. The second-order valence-electron chi connectivity index (χ2n) is 7.12. The number of aryl methyl sites for hydroxylation is 2. The Labute approximate surface area is 199 Å². The lowest BCUT2D eigenvalue weighted by atomic mass is 10.2. The summed E-state index contributed by atoms with van der Waals surface area (Å²) in [6.07, 6.45) is 2.84. The van der Waals surface area contributed by atoms with Crippen LogP contribution in [-0.2, 0) is 27.7 Å². The minimum absolute atomic E-state index is 0.00683. The fourth-order valence-corrected chi connectivity index (χ4v) is 5.13. The molecule has 0 saturated carbocycles. The van der Waals surface area contributed by atoms with Gasteiger partial charge in [0.05, 0.1) is 16.2 Å². The Balaban J connectivity index is 1.37. The Bertz CT molecular complexity index is 1340. The zero-order valence-electron chi connectivity index (χ0n) is 17.1. The molecule has 12 heteroatoms. The molecule has 0 spiro atoms. The molecule has 2 N–H and O–H groups in total. The number of fused-ring (bicyclic) bond motifs is 1. The van der Waals surface area contributed by atoms with E-state index in [2.05, 4.69) is 31.3 Å². The van der Waals surface area contributed by atoms with Gasteiger partial charge in [-0.25, -0.2) is 13.4 Å². The van der Waals surface area contributed by atoms with Crippen molar-refractivity contribution in [3.05, 3.63) is 64.4 Å². The Morgan fingerprint density at radius 3 is 2.64 bits per heavy atom. The number of nitrogens with zero attached hydrogens (tertiary/aromatic N) is 4. The molecule has 0 fully saturated rings. The fraction of sp³-hybridized carbons (Fsp3) is 0.190. The van der Waals surface area contributed by atoms with Gasteiger partial charge in [0.1, 0.15) is 11.1 Å². The van der Waals surface area contributed by atoms with E-state index >= 15 is 0 Å². The predicted molar refractivity (Wildman–Crippen MR) is 125 cm³/mol. The number of carbonyl (C=O) groups is 1. The number of amides is 1. The van der Waals surface area contributed by atoms with Crippen LogP contribution in [0.3, 0.4) is 0 Å². The van der Waals surface area contributed by atoms with Crippen LogP contribution in [0.25, 0.3) is 0 Å². The minimum Gasteiger partial charge on any atom is -0.325 e. The summed E-state index contributed by atoms with van der Waals surface area (Å²) in [7, 11) is -3.88. The molecule has 0 aliphatic heterocycles. The zero-order chi connectivity index (χ0) is 23.4. The third-order valence-corrected chi connectivity index (χ3v) is 7.36. The minimum atomic E-state index is -3.88. The number of hydrogen-bond acceptors (Lipinski definition) is 8. The normalized spacial score (nSPS) is 12.6. The van der Waals surface area contributed by atoms with Gasteiger partial charge in [-0.15, -0.1) is 10.2 Å². The van der Waals surface area contributed by atoms with Crippen molar-refractivity contribution in [3.63, 3.8) is 0 Å². The number of anilines is 2. The fourth-order valence-electron chi connectivity index (χ4n) is 3.26. The second kappa shape index (κ2) is 9.74. The van der Waals surface area contributed by atoms with Crippen LogP contribution < -0.4 is 10.0 Å². The lowest BCUT2D eigenvalue weighted by Crippen LogP contribution is -2.16. The number of rotatable bonds is 7. The summed E-state index contributed by atoms with van der Waals surface area (Å²) < 4.78 is 27.3. The molecule has 168 valence electrons. The number of thioether (sulfide) groups is 1. The number of nitrogens with one attached hydrogen (secondary N) is 2. The summed E-state index contributed by atoms with van der Waals surface area (Å²) in [5, 5.41) is 20.0. The van der Waals surface area contributed by atoms with Gasteiger partial charge in [0.2, 0.25) is 5.91 Å². The highest BCUT2D eigenvalue weighted by Gasteiger charge is 2.18. The summed E-state index contributed by atoms with van der Waals surface area (Å²) in [5.74, 6) is -0.195. The van der Waals surface area contributed by atoms with Gasteiger partial charge in [0.25, 0.3) is 10.0 Å². The number of hydrogen-bond donors (Lipinski definition) is 2. The van der Waals surface area contributed by atoms with Crippen LogP contribution in [0, 0.1) is 11.3 Å². The van der Waals surface area contributed by atoms with Crippen LogP contribution in [0.4, 0.5) is 11.5 Å². The molecule has 4 rings (SSSR count). The van der Waals surface area contributed by atoms with Crippen molar-refractivity contribution in [2.45, 2.75) is 29.2 Å². The molecule has 1 aromatic carbocycles. The lowest BCUT2D eigenvalue weighted by molar-refractivity contribution is -0.113. The number of carbonyl (C=O) groups excluding carboxylic acids is 1. The van der Waals surface area contributed by atoms with E-state index in [1.807, 2.05) is 6.07 Å². The number of halogens is 1. The van der Waals surface area contributed by atoms with E-state index in [1.165, 1.54) is 48.2 Å². The third kappa shape index (κ3) is 5.60. The Morgan fingerprint density at radius 1 is 1.15 bits per heavy atom. The summed E-state index contributed by atoms with van der Waals surface area (Å²) in [4.78, 5) is 16.9. The van der Waals surface area contributed by atoms with E-state index in [0.29, 0.717) is 16.3 Å². The van der Waals surface area contributed by atoms with Gasteiger partial charge in [0, 0.05) is 11.4 Å². The number of benzene rings is 1. The van der Waals surface area contributed by atoms with Gasteiger partial charge in [-0.05, 0) is 67.3 Å². The molecular formula is C21H17ClN6O3S2. The van der Waals surface area contributed by atoms with Crippen LogP contribution in [0.2, 0.25) is 5.15 Å². The van der Waals surface area contributed by atoms with Crippen LogP contribution in [-0.4, -0.2) is 35.3 Å². The zero-order valence-corrected chi connectivity index (χ0v) is 19.5. The van der Waals surface area contributed by atoms with Gasteiger partial charge in [-0.2, -0.15) is 5.26 Å². The molecule has 3 aromatic rings. The van der Waals surface area contributed by atoms with Crippen molar-refractivity contribution in [3.8, 4) is 6.07 Å². The maximum Gasteiger partial charge on any atom is 0.263 e. The molecule has 1 aliphatic carbocycles. The SMILES string of the molecule is N#Cc1cc2c(nc1SCC(=O)Nc1ccc(S(=O)(=O)Nc3ccc(Cl)nn3)cc1)CCC2. The average Bonchev–Trinajstić information content (AvgIpc) is 3.26. The average molecular weight is 501 g/mol. The van der Waals surface area contributed by atoms with Crippen molar-refractivity contribution in [1.29, 1.82) is 5.26 Å². The van der Waals surface area contributed by atoms with Crippen molar-refractivity contribution >= 4 is 50.8 Å². The van der Waals surface area contributed by atoms with Crippen LogP contribution in [0.15, 0.2) is 52.4 Å².